The zero-order valence-electron chi connectivity index (χ0n) is 7.54. The van der Waals surface area contributed by atoms with Crippen LogP contribution < -0.4 is 5.73 Å². The second kappa shape index (κ2) is 7.40. The topological polar surface area (TPSA) is 38.9 Å². The van der Waals surface area contributed by atoms with Crippen molar-refractivity contribution in [2.24, 2.45) is 5.73 Å². The van der Waals surface area contributed by atoms with Crippen molar-refractivity contribution in [3.8, 4) is 0 Å². The Bertz CT molecular complexity index is 286. The molecule has 82 valence electrons. The van der Waals surface area contributed by atoms with E-state index in [1.807, 2.05) is 6.92 Å². The molecular weight excluding hydrogens is 294 g/mol. The summed E-state index contributed by atoms with van der Waals surface area (Å²) in [7, 11) is 0. The Hall–Kier alpha value is 0.1000. The van der Waals surface area contributed by atoms with Crippen molar-refractivity contribution in [3.05, 3.63) is 28.2 Å². The number of hydrogen-bond donors (Lipinski definition) is 1. The lowest BCUT2D eigenvalue weighted by atomic mass is 10.1. The number of aromatic nitrogens is 1. The first-order valence-corrected chi connectivity index (χ1v) is 4.51. The van der Waals surface area contributed by atoms with Crippen molar-refractivity contribution in [1.29, 1.82) is 0 Å². The molecule has 2 nitrogen and oxygen atoms in total. The average Bonchev–Trinajstić information content (AvgIpc) is 2.03. The molecule has 0 aliphatic rings. The van der Waals surface area contributed by atoms with Crippen LogP contribution in [0.5, 0.6) is 0 Å². The number of nitrogens with two attached hydrogens (primary N) is 1. The molecule has 2 N–H and O–H groups in total. The van der Waals surface area contributed by atoms with Crippen molar-refractivity contribution in [1.82, 2.24) is 4.98 Å². The molecule has 1 atom stereocenters. The van der Waals surface area contributed by atoms with Gasteiger partial charge in [-0.1, -0.05) is 6.92 Å². The van der Waals surface area contributed by atoms with Crippen molar-refractivity contribution in [2.45, 2.75) is 19.4 Å². The van der Waals surface area contributed by atoms with Crippen LogP contribution in [-0.2, 0) is 0 Å². The van der Waals surface area contributed by atoms with E-state index in [0.717, 1.165) is 0 Å². The molecule has 0 unspecified atom stereocenters. The van der Waals surface area contributed by atoms with Gasteiger partial charge in [-0.15, -0.1) is 24.8 Å². The maximum absolute atomic E-state index is 13.1. The Balaban J connectivity index is 0. The minimum Gasteiger partial charge on any atom is -0.323 e. The Morgan fingerprint density at radius 1 is 1.57 bits per heavy atom. The Kier molecular flexibility index (Phi) is 8.73. The lowest BCUT2D eigenvalue weighted by Crippen LogP contribution is -2.12. The number of nitrogens with zero attached hydrogens (tertiary/aromatic N) is 1. The van der Waals surface area contributed by atoms with Gasteiger partial charge in [-0.3, -0.25) is 4.98 Å². The van der Waals surface area contributed by atoms with Gasteiger partial charge in [0.1, 0.15) is 5.82 Å². The highest BCUT2D eigenvalue weighted by molar-refractivity contribution is 9.10. The highest BCUT2D eigenvalue weighted by atomic mass is 79.9. The van der Waals surface area contributed by atoms with Gasteiger partial charge < -0.3 is 5.73 Å². The molecule has 0 fully saturated rings. The summed E-state index contributed by atoms with van der Waals surface area (Å²) in [6.07, 6.45) is 2.24. The molecule has 1 rings (SSSR count). The van der Waals surface area contributed by atoms with Crippen molar-refractivity contribution in [2.75, 3.05) is 0 Å². The zero-order valence-corrected chi connectivity index (χ0v) is 10.8. The summed E-state index contributed by atoms with van der Waals surface area (Å²) >= 11 is 3.12. The van der Waals surface area contributed by atoms with Crippen LogP contribution in [0.3, 0.4) is 0 Å². The van der Waals surface area contributed by atoms with Gasteiger partial charge in [-0.05, 0) is 28.4 Å². The van der Waals surface area contributed by atoms with Gasteiger partial charge in [0.05, 0.1) is 5.69 Å². The average molecular weight is 306 g/mol. The lowest BCUT2D eigenvalue weighted by Gasteiger charge is -2.08. The van der Waals surface area contributed by atoms with E-state index < -0.39 is 0 Å². The summed E-state index contributed by atoms with van der Waals surface area (Å²) in [4.78, 5) is 3.90. The largest absolute Gasteiger partial charge is 0.323 e. The van der Waals surface area contributed by atoms with Crippen LogP contribution >= 0.6 is 40.7 Å². The van der Waals surface area contributed by atoms with E-state index in [-0.39, 0.29) is 36.7 Å². The minimum absolute atomic E-state index is 0. The van der Waals surface area contributed by atoms with Crippen LogP contribution in [0.1, 0.15) is 25.1 Å². The molecular formula is C8H12BrCl2FN2. The summed E-state index contributed by atoms with van der Waals surface area (Å²) < 4.78 is 13.7. The fraction of sp³-hybridized carbons (Fsp3) is 0.375. The van der Waals surface area contributed by atoms with Gasteiger partial charge in [-0.2, -0.15) is 0 Å². The number of pyridine rings is 1. The highest BCUT2D eigenvalue weighted by Crippen LogP contribution is 2.18. The van der Waals surface area contributed by atoms with Gasteiger partial charge >= 0.3 is 0 Å². The Morgan fingerprint density at radius 3 is 2.57 bits per heavy atom. The lowest BCUT2D eigenvalue weighted by molar-refractivity contribution is 0.557. The molecule has 1 aromatic heterocycles. The summed E-state index contributed by atoms with van der Waals surface area (Å²) in [6.45, 7) is 1.90. The van der Waals surface area contributed by atoms with Crippen molar-refractivity contribution < 1.29 is 4.39 Å². The van der Waals surface area contributed by atoms with E-state index in [0.29, 0.717) is 16.6 Å². The summed E-state index contributed by atoms with van der Waals surface area (Å²) in [5, 5.41) is 0. The van der Waals surface area contributed by atoms with Crippen LogP contribution in [0.25, 0.3) is 0 Å². The predicted octanol–water partition coefficient (Wildman–Crippen LogP) is 3.24. The molecule has 0 aliphatic heterocycles. The standard InChI is InChI=1S/C8H10BrFN2.2ClH/c1-2-7(11)8-6(10)3-5(9)4-12-8;;/h3-4,7H,2,11H2,1H3;2*1H/t7-;;/m1../s1. The van der Waals surface area contributed by atoms with Crippen molar-refractivity contribution >= 4 is 40.7 Å². The molecule has 0 radical (unpaired) electrons. The Morgan fingerprint density at radius 2 is 2.14 bits per heavy atom. The molecule has 14 heavy (non-hydrogen) atoms. The van der Waals surface area contributed by atoms with Crippen LogP contribution in [-0.4, -0.2) is 4.98 Å². The summed E-state index contributed by atoms with van der Waals surface area (Å²) in [6, 6.07) is 1.07. The molecule has 0 saturated heterocycles. The normalized spacial score (nSPS) is 11.1. The second-order valence-corrected chi connectivity index (χ2v) is 3.45. The van der Waals surface area contributed by atoms with Gasteiger partial charge in [0.15, 0.2) is 0 Å². The third kappa shape index (κ3) is 4.09. The first-order chi connectivity index (χ1) is 5.65. The van der Waals surface area contributed by atoms with Gasteiger partial charge in [0.2, 0.25) is 0 Å². The van der Waals surface area contributed by atoms with E-state index in [1.54, 1.807) is 6.20 Å². The van der Waals surface area contributed by atoms with Crippen LogP contribution in [0.15, 0.2) is 16.7 Å². The maximum Gasteiger partial charge on any atom is 0.147 e. The third-order valence-electron chi connectivity index (χ3n) is 1.63. The minimum atomic E-state index is -0.348. The number of halogens is 4. The van der Waals surface area contributed by atoms with Crippen LogP contribution in [0.2, 0.25) is 0 Å². The van der Waals surface area contributed by atoms with Gasteiger partial charge in [0.25, 0.3) is 0 Å². The summed E-state index contributed by atoms with van der Waals surface area (Å²) in [5.41, 5.74) is 5.96. The number of hydrogen-bond acceptors (Lipinski definition) is 2. The van der Waals surface area contributed by atoms with Crippen LogP contribution in [0, 0.1) is 5.82 Å². The molecule has 1 aromatic rings. The van der Waals surface area contributed by atoms with Crippen LogP contribution in [0.4, 0.5) is 4.39 Å². The van der Waals surface area contributed by atoms with E-state index in [1.165, 1.54) is 6.07 Å². The summed E-state index contributed by atoms with van der Waals surface area (Å²) in [5.74, 6) is -0.348. The molecule has 0 aromatic carbocycles. The van der Waals surface area contributed by atoms with E-state index >= 15 is 0 Å². The fourth-order valence-electron chi connectivity index (χ4n) is 0.891. The molecule has 6 heteroatoms. The van der Waals surface area contributed by atoms with E-state index in [4.69, 9.17) is 5.73 Å². The molecule has 0 amide bonds. The third-order valence-corrected chi connectivity index (χ3v) is 2.06. The van der Waals surface area contributed by atoms with Gasteiger partial charge in [-0.25, -0.2) is 4.39 Å². The number of rotatable bonds is 2. The van der Waals surface area contributed by atoms with Gasteiger partial charge in [0, 0.05) is 16.7 Å². The molecule has 1 heterocycles. The Labute approximate surface area is 103 Å². The van der Waals surface area contributed by atoms with Crippen molar-refractivity contribution in [3.63, 3.8) is 0 Å². The van der Waals surface area contributed by atoms with E-state index in [2.05, 4.69) is 20.9 Å². The molecule has 0 aliphatic carbocycles. The highest BCUT2D eigenvalue weighted by Gasteiger charge is 2.10. The SMILES string of the molecule is CC[C@@H](N)c1ncc(Br)cc1F.Cl.Cl. The quantitative estimate of drug-likeness (QED) is 0.911. The smallest absolute Gasteiger partial charge is 0.147 e. The fourth-order valence-corrected chi connectivity index (χ4v) is 1.19. The molecule has 0 saturated carbocycles. The zero-order chi connectivity index (χ0) is 9.14. The molecule has 0 bridgehead atoms. The second-order valence-electron chi connectivity index (χ2n) is 2.54. The maximum atomic E-state index is 13.1. The first-order valence-electron chi connectivity index (χ1n) is 3.71. The van der Waals surface area contributed by atoms with E-state index in [9.17, 15) is 4.39 Å². The monoisotopic (exact) mass is 304 g/mol. The molecule has 0 spiro atoms. The first kappa shape index (κ1) is 16.5. The predicted molar refractivity (Wildman–Crippen MR) is 63.6 cm³/mol.